The normalized spacial score (nSPS) is 20.1. The van der Waals surface area contributed by atoms with Gasteiger partial charge in [0.1, 0.15) is 5.82 Å². The lowest BCUT2D eigenvalue weighted by molar-refractivity contribution is -0.138. The number of carbonyl (C=O) groups is 1. The van der Waals surface area contributed by atoms with Crippen molar-refractivity contribution in [2.24, 2.45) is 0 Å². The van der Waals surface area contributed by atoms with Gasteiger partial charge in [0.2, 0.25) is 5.56 Å². The second-order valence-electron chi connectivity index (χ2n) is 11.0. The van der Waals surface area contributed by atoms with E-state index in [4.69, 9.17) is 0 Å². The SMILES string of the molecule is CC1CN(c2cc(F)c(-c3ccc(N4CCNCC4)cc3)cc2NC(=O)c2c[nH]c(=O)cc2C(F)(F)F)CC(C)N1C. The summed E-state index contributed by atoms with van der Waals surface area (Å²) in [6, 6.07) is 10.8. The molecule has 0 spiro atoms. The minimum absolute atomic E-state index is 0.105. The van der Waals surface area contributed by atoms with Crippen LogP contribution in [0.4, 0.5) is 34.6 Å². The number of amides is 1. The average Bonchev–Trinajstić information content (AvgIpc) is 2.96. The Bertz CT molecular complexity index is 1490. The Morgan fingerprint density at radius 1 is 0.976 bits per heavy atom. The van der Waals surface area contributed by atoms with Crippen LogP contribution in [-0.4, -0.2) is 74.2 Å². The molecule has 0 saturated carbocycles. The van der Waals surface area contributed by atoms with Crippen molar-refractivity contribution in [1.82, 2.24) is 15.2 Å². The largest absolute Gasteiger partial charge is 0.417 e. The van der Waals surface area contributed by atoms with Gasteiger partial charge in [-0.3, -0.25) is 14.5 Å². The van der Waals surface area contributed by atoms with Crippen molar-refractivity contribution in [3.63, 3.8) is 0 Å². The summed E-state index contributed by atoms with van der Waals surface area (Å²) in [6.45, 7) is 8.55. The first-order chi connectivity index (χ1) is 19.9. The number of aromatic nitrogens is 1. The molecule has 224 valence electrons. The molecular formula is C30H34F4N6O2. The number of aromatic amines is 1. The number of nitrogens with one attached hydrogen (secondary N) is 3. The van der Waals surface area contributed by atoms with Crippen LogP contribution >= 0.6 is 0 Å². The molecule has 0 radical (unpaired) electrons. The van der Waals surface area contributed by atoms with Crippen molar-refractivity contribution in [3.8, 4) is 11.1 Å². The molecule has 2 saturated heterocycles. The molecule has 2 unspecified atom stereocenters. The van der Waals surface area contributed by atoms with E-state index < -0.39 is 34.6 Å². The monoisotopic (exact) mass is 586 g/mol. The summed E-state index contributed by atoms with van der Waals surface area (Å²) in [5, 5.41) is 5.90. The summed E-state index contributed by atoms with van der Waals surface area (Å²) in [6.07, 6.45) is -4.17. The molecule has 2 atom stereocenters. The van der Waals surface area contributed by atoms with E-state index in [1.54, 1.807) is 12.1 Å². The van der Waals surface area contributed by atoms with Gasteiger partial charge in [-0.05, 0) is 50.7 Å². The van der Waals surface area contributed by atoms with Crippen LogP contribution in [0.3, 0.4) is 0 Å². The Morgan fingerprint density at radius 3 is 2.24 bits per heavy atom. The highest BCUT2D eigenvalue weighted by Crippen LogP contribution is 2.37. The summed E-state index contributed by atoms with van der Waals surface area (Å²) in [4.78, 5) is 33.4. The molecule has 3 N–H and O–H groups in total. The van der Waals surface area contributed by atoms with Gasteiger partial charge in [0, 0.05) is 74.9 Å². The molecule has 1 amide bonds. The highest BCUT2D eigenvalue weighted by molar-refractivity contribution is 6.07. The van der Waals surface area contributed by atoms with Crippen molar-refractivity contribution in [3.05, 3.63) is 76.0 Å². The van der Waals surface area contributed by atoms with E-state index in [1.165, 1.54) is 12.1 Å². The topological polar surface area (TPSA) is 83.7 Å². The number of alkyl halides is 3. The number of H-pyrrole nitrogens is 1. The van der Waals surface area contributed by atoms with E-state index in [0.717, 1.165) is 38.1 Å². The number of carbonyl (C=O) groups excluding carboxylic acids is 1. The fraction of sp³-hybridized carbons (Fsp3) is 0.400. The Kier molecular flexibility index (Phi) is 8.29. The average molecular weight is 587 g/mol. The number of pyridine rings is 1. The summed E-state index contributed by atoms with van der Waals surface area (Å²) >= 11 is 0. The van der Waals surface area contributed by atoms with Crippen molar-refractivity contribution < 1.29 is 22.4 Å². The summed E-state index contributed by atoms with van der Waals surface area (Å²) in [5.74, 6) is -1.58. The third-order valence-electron chi connectivity index (χ3n) is 8.17. The van der Waals surface area contributed by atoms with E-state index in [9.17, 15) is 22.8 Å². The number of likely N-dealkylation sites (N-methyl/N-ethyl adjacent to an activating group) is 1. The number of hydrogen-bond donors (Lipinski definition) is 3. The van der Waals surface area contributed by atoms with Crippen LogP contribution in [0.2, 0.25) is 0 Å². The fourth-order valence-corrected chi connectivity index (χ4v) is 5.61. The van der Waals surface area contributed by atoms with Gasteiger partial charge in [-0.25, -0.2) is 4.39 Å². The molecule has 3 heterocycles. The molecule has 2 aliphatic heterocycles. The second-order valence-corrected chi connectivity index (χ2v) is 11.0. The van der Waals surface area contributed by atoms with Crippen molar-refractivity contribution >= 4 is 23.0 Å². The van der Waals surface area contributed by atoms with Crippen molar-refractivity contribution in [2.45, 2.75) is 32.1 Å². The van der Waals surface area contributed by atoms with Crippen LogP contribution in [0, 0.1) is 5.82 Å². The molecule has 2 aromatic carbocycles. The minimum Gasteiger partial charge on any atom is -0.369 e. The number of piperazine rings is 2. The van der Waals surface area contributed by atoms with Crippen LogP contribution in [-0.2, 0) is 6.18 Å². The maximum Gasteiger partial charge on any atom is 0.417 e. The maximum atomic E-state index is 15.8. The smallest absolute Gasteiger partial charge is 0.369 e. The highest BCUT2D eigenvalue weighted by Gasteiger charge is 2.36. The van der Waals surface area contributed by atoms with Crippen LogP contribution in [0.15, 0.2) is 53.5 Å². The number of anilines is 3. The van der Waals surface area contributed by atoms with Gasteiger partial charge >= 0.3 is 6.18 Å². The lowest BCUT2D eigenvalue weighted by Crippen LogP contribution is -2.55. The number of benzene rings is 2. The fourth-order valence-electron chi connectivity index (χ4n) is 5.61. The van der Waals surface area contributed by atoms with E-state index in [-0.39, 0.29) is 23.3 Å². The summed E-state index contributed by atoms with van der Waals surface area (Å²) in [7, 11) is 2.00. The summed E-state index contributed by atoms with van der Waals surface area (Å²) < 4.78 is 56.9. The predicted octanol–water partition coefficient (Wildman–Crippen LogP) is 4.39. The van der Waals surface area contributed by atoms with Crippen LogP contribution in [0.5, 0.6) is 0 Å². The van der Waals surface area contributed by atoms with Gasteiger partial charge in [-0.2, -0.15) is 13.2 Å². The van der Waals surface area contributed by atoms with E-state index >= 15 is 4.39 Å². The van der Waals surface area contributed by atoms with Crippen molar-refractivity contribution in [2.75, 3.05) is 61.4 Å². The third kappa shape index (κ3) is 6.14. The maximum absolute atomic E-state index is 15.8. The molecule has 0 bridgehead atoms. The van der Waals surface area contributed by atoms with Crippen molar-refractivity contribution in [1.29, 1.82) is 0 Å². The molecule has 2 fully saturated rings. The highest BCUT2D eigenvalue weighted by atomic mass is 19.4. The Balaban J connectivity index is 1.54. The first kappa shape index (κ1) is 29.6. The lowest BCUT2D eigenvalue weighted by Gasteiger charge is -2.44. The zero-order valence-corrected chi connectivity index (χ0v) is 23.7. The molecule has 0 aliphatic carbocycles. The first-order valence-electron chi connectivity index (χ1n) is 13.9. The zero-order chi connectivity index (χ0) is 30.2. The zero-order valence-electron chi connectivity index (χ0n) is 23.7. The van der Waals surface area contributed by atoms with Crippen LogP contribution in [0.25, 0.3) is 11.1 Å². The van der Waals surface area contributed by atoms with Gasteiger partial charge in [0.25, 0.3) is 5.91 Å². The molecule has 42 heavy (non-hydrogen) atoms. The van der Waals surface area contributed by atoms with Crippen LogP contribution < -0.4 is 26.0 Å². The third-order valence-corrected chi connectivity index (χ3v) is 8.17. The van der Waals surface area contributed by atoms with E-state index in [2.05, 4.69) is 25.4 Å². The van der Waals surface area contributed by atoms with E-state index in [0.29, 0.717) is 30.4 Å². The van der Waals surface area contributed by atoms with E-state index in [1.807, 2.05) is 37.9 Å². The van der Waals surface area contributed by atoms with Gasteiger partial charge < -0.3 is 25.4 Å². The molecule has 1 aromatic heterocycles. The number of hydrogen-bond acceptors (Lipinski definition) is 6. The molecule has 8 nitrogen and oxygen atoms in total. The Labute approximate surface area is 241 Å². The minimum atomic E-state index is -4.92. The lowest BCUT2D eigenvalue weighted by atomic mass is 10.0. The van der Waals surface area contributed by atoms with Gasteiger partial charge in [0.05, 0.1) is 22.5 Å². The number of halogens is 4. The molecule has 5 rings (SSSR count). The standard InChI is InChI=1S/C30H34F4N6O2/c1-18-16-40(17-19(2)38(18)3)27-14-25(31)22(20-4-6-21(7-5-20)39-10-8-35-9-11-39)12-26(27)37-29(42)23-15-36-28(41)13-24(23)30(32,33)34/h4-7,12-15,18-19,35H,8-11,16-17H2,1-3H3,(H,36,41)(H,37,42). The molecule has 3 aromatic rings. The van der Waals surface area contributed by atoms with Gasteiger partial charge in [-0.15, -0.1) is 0 Å². The predicted molar refractivity (Wildman–Crippen MR) is 156 cm³/mol. The van der Waals surface area contributed by atoms with Gasteiger partial charge in [0.15, 0.2) is 0 Å². The number of rotatable bonds is 5. The Hall–Kier alpha value is -3.90. The van der Waals surface area contributed by atoms with Gasteiger partial charge in [-0.1, -0.05) is 12.1 Å². The quantitative estimate of drug-likeness (QED) is 0.385. The number of nitrogens with zero attached hydrogens (tertiary/aromatic N) is 3. The molecule has 2 aliphatic rings. The first-order valence-corrected chi connectivity index (χ1v) is 13.9. The second kappa shape index (κ2) is 11.8. The Morgan fingerprint density at radius 2 is 1.62 bits per heavy atom. The summed E-state index contributed by atoms with van der Waals surface area (Å²) in [5.41, 5.74) is -0.755. The molecular weight excluding hydrogens is 552 g/mol. The molecule has 12 heteroatoms. The van der Waals surface area contributed by atoms with Crippen LogP contribution in [0.1, 0.15) is 29.8 Å².